The van der Waals surface area contributed by atoms with Crippen LogP contribution in [-0.2, 0) is 6.54 Å². The number of fused-ring (bicyclic) bond motifs is 3. The molecule has 0 radical (unpaired) electrons. The van der Waals surface area contributed by atoms with Crippen molar-refractivity contribution < 1.29 is 4.79 Å². The third-order valence-electron chi connectivity index (χ3n) is 6.68. The van der Waals surface area contributed by atoms with Crippen LogP contribution in [-0.4, -0.2) is 51.3 Å². The third-order valence-corrected chi connectivity index (χ3v) is 7.92. The molecule has 0 spiro atoms. The molecule has 0 bridgehead atoms. The standard InChI is InChI=1S/C28H25ClN4OS/c1-19-7-9-21(10-8-19)27(34)32-15-13-31(14-16-32)18-24-26(20-5-3-2-4-6-20)30-28-33(24)23-12-11-22(29)17-25(23)35-28/h2-12,17H,13-16,18H2,1H3. The highest BCUT2D eigenvalue weighted by Crippen LogP contribution is 2.35. The van der Waals surface area contributed by atoms with E-state index in [1.807, 2.05) is 54.3 Å². The van der Waals surface area contributed by atoms with Gasteiger partial charge in [-0.05, 0) is 37.3 Å². The van der Waals surface area contributed by atoms with Crippen molar-refractivity contribution in [2.45, 2.75) is 13.5 Å². The Morgan fingerprint density at radius 1 is 0.971 bits per heavy atom. The van der Waals surface area contributed by atoms with Crippen molar-refractivity contribution in [2.75, 3.05) is 26.2 Å². The molecule has 6 rings (SSSR count). The Morgan fingerprint density at radius 3 is 2.46 bits per heavy atom. The molecular formula is C28H25ClN4OS. The molecule has 0 unspecified atom stereocenters. The first-order valence-corrected chi connectivity index (χ1v) is 13.0. The van der Waals surface area contributed by atoms with Gasteiger partial charge in [0.1, 0.15) is 0 Å². The second kappa shape index (κ2) is 9.11. The number of hydrogen-bond acceptors (Lipinski definition) is 4. The van der Waals surface area contributed by atoms with E-state index in [4.69, 9.17) is 16.6 Å². The third kappa shape index (κ3) is 4.22. The van der Waals surface area contributed by atoms with E-state index in [1.165, 1.54) is 5.69 Å². The van der Waals surface area contributed by atoms with Crippen molar-refractivity contribution in [3.63, 3.8) is 0 Å². The molecule has 5 nitrogen and oxygen atoms in total. The molecule has 1 saturated heterocycles. The van der Waals surface area contributed by atoms with Gasteiger partial charge < -0.3 is 4.90 Å². The van der Waals surface area contributed by atoms with Gasteiger partial charge in [-0.15, -0.1) is 0 Å². The zero-order valence-corrected chi connectivity index (χ0v) is 21.0. The molecule has 1 aliphatic rings. The summed E-state index contributed by atoms with van der Waals surface area (Å²) in [7, 11) is 0. The fraction of sp³-hybridized carbons (Fsp3) is 0.214. The number of carbonyl (C=O) groups excluding carboxylic acids is 1. The number of aromatic nitrogens is 2. The minimum atomic E-state index is 0.113. The summed E-state index contributed by atoms with van der Waals surface area (Å²) in [6, 6.07) is 24.3. The van der Waals surface area contributed by atoms with Gasteiger partial charge in [0.2, 0.25) is 0 Å². The molecule has 7 heteroatoms. The molecule has 5 aromatic rings. The number of imidazole rings is 1. The van der Waals surface area contributed by atoms with Gasteiger partial charge in [0, 0.05) is 48.9 Å². The van der Waals surface area contributed by atoms with Crippen LogP contribution >= 0.6 is 22.9 Å². The molecule has 0 aliphatic carbocycles. The van der Waals surface area contributed by atoms with Crippen LogP contribution in [0.5, 0.6) is 0 Å². The van der Waals surface area contributed by atoms with Gasteiger partial charge in [-0.1, -0.05) is 71.0 Å². The lowest BCUT2D eigenvalue weighted by Crippen LogP contribution is -2.48. The summed E-state index contributed by atoms with van der Waals surface area (Å²) in [5, 5.41) is 0.737. The minimum Gasteiger partial charge on any atom is -0.336 e. The van der Waals surface area contributed by atoms with Gasteiger partial charge in [0.15, 0.2) is 4.96 Å². The van der Waals surface area contributed by atoms with Crippen molar-refractivity contribution in [1.29, 1.82) is 0 Å². The predicted molar refractivity (Wildman–Crippen MR) is 143 cm³/mol. The largest absolute Gasteiger partial charge is 0.336 e. The second-order valence-electron chi connectivity index (χ2n) is 9.04. The number of aryl methyl sites for hydroxylation is 1. The molecular weight excluding hydrogens is 476 g/mol. The van der Waals surface area contributed by atoms with E-state index in [9.17, 15) is 4.79 Å². The first-order valence-electron chi connectivity index (χ1n) is 11.8. The molecule has 1 amide bonds. The molecule has 176 valence electrons. The number of benzene rings is 3. The molecule has 0 atom stereocenters. The monoisotopic (exact) mass is 500 g/mol. The average Bonchev–Trinajstić information content (AvgIpc) is 3.41. The van der Waals surface area contributed by atoms with Crippen LogP contribution in [0.1, 0.15) is 21.6 Å². The van der Waals surface area contributed by atoms with Crippen LogP contribution in [0.2, 0.25) is 5.02 Å². The van der Waals surface area contributed by atoms with Crippen LogP contribution < -0.4 is 0 Å². The lowest BCUT2D eigenvalue weighted by Gasteiger charge is -2.34. The molecule has 35 heavy (non-hydrogen) atoms. The normalized spacial score (nSPS) is 14.7. The predicted octanol–water partition coefficient (Wildman–Crippen LogP) is 6.14. The van der Waals surface area contributed by atoms with Gasteiger partial charge in [0.25, 0.3) is 5.91 Å². The van der Waals surface area contributed by atoms with E-state index in [1.54, 1.807) is 11.3 Å². The number of amides is 1. The van der Waals surface area contributed by atoms with E-state index in [-0.39, 0.29) is 5.91 Å². The number of nitrogens with zero attached hydrogens (tertiary/aromatic N) is 4. The number of halogens is 1. The van der Waals surface area contributed by atoms with Crippen molar-refractivity contribution in [2.24, 2.45) is 0 Å². The fourth-order valence-electron chi connectivity index (χ4n) is 4.77. The van der Waals surface area contributed by atoms with E-state index >= 15 is 0 Å². The number of rotatable bonds is 4. The summed E-state index contributed by atoms with van der Waals surface area (Å²) in [5.74, 6) is 0.113. The molecule has 2 aromatic heterocycles. The zero-order valence-electron chi connectivity index (χ0n) is 19.4. The van der Waals surface area contributed by atoms with E-state index in [2.05, 4.69) is 39.6 Å². The molecule has 3 aromatic carbocycles. The van der Waals surface area contributed by atoms with Crippen LogP contribution in [0.15, 0.2) is 72.8 Å². The van der Waals surface area contributed by atoms with Crippen LogP contribution in [0.4, 0.5) is 0 Å². The van der Waals surface area contributed by atoms with Gasteiger partial charge in [-0.3, -0.25) is 14.1 Å². The smallest absolute Gasteiger partial charge is 0.253 e. The number of thiazole rings is 1. The quantitative estimate of drug-likeness (QED) is 0.298. The number of hydrogen-bond donors (Lipinski definition) is 0. The molecule has 1 fully saturated rings. The lowest BCUT2D eigenvalue weighted by molar-refractivity contribution is 0.0627. The zero-order chi connectivity index (χ0) is 23.9. The Labute approximate surface area is 213 Å². The van der Waals surface area contributed by atoms with E-state index < -0.39 is 0 Å². The van der Waals surface area contributed by atoms with Gasteiger partial charge in [0.05, 0.1) is 21.6 Å². The summed E-state index contributed by atoms with van der Waals surface area (Å²) in [6.07, 6.45) is 0. The SMILES string of the molecule is Cc1ccc(C(=O)N2CCN(Cc3c(-c4ccccc4)nc4sc5cc(Cl)ccc5n34)CC2)cc1. The lowest BCUT2D eigenvalue weighted by atomic mass is 10.1. The topological polar surface area (TPSA) is 40.9 Å². The van der Waals surface area contributed by atoms with Gasteiger partial charge >= 0.3 is 0 Å². The van der Waals surface area contributed by atoms with Crippen LogP contribution in [0.25, 0.3) is 26.4 Å². The van der Waals surface area contributed by atoms with Crippen molar-refractivity contribution in [3.05, 3.63) is 94.6 Å². The Hall–Kier alpha value is -3.19. The maximum absolute atomic E-state index is 13.0. The van der Waals surface area contributed by atoms with E-state index in [0.29, 0.717) is 0 Å². The summed E-state index contributed by atoms with van der Waals surface area (Å²) in [4.78, 5) is 23.4. The van der Waals surface area contributed by atoms with Crippen LogP contribution in [0, 0.1) is 6.92 Å². The summed E-state index contributed by atoms with van der Waals surface area (Å²) >= 11 is 7.93. The van der Waals surface area contributed by atoms with Crippen molar-refractivity contribution >= 4 is 44.0 Å². The summed E-state index contributed by atoms with van der Waals surface area (Å²) in [6.45, 7) is 5.90. The van der Waals surface area contributed by atoms with E-state index in [0.717, 1.165) is 75.3 Å². The first-order chi connectivity index (χ1) is 17.1. The van der Waals surface area contributed by atoms with Gasteiger partial charge in [-0.2, -0.15) is 0 Å². The molecule has 3 heterocycles. The summed E-state index contributed by atoms with van der Waals surface area (Å²) in [5.41, 5.74) is 6.37. The molecule has 1 aliphatic heterocycles. The maximum Gasteiger partial charge on any atom is 0.253 e. The molecule has 0 saturated carbocycles. The minimum absolute atomic E-state index is 0.113. The second-order valence-corrected chi connectivity index (χ2v) is 10.5. The Balaban J connectivity index is 1.29. The first kappa shape index (κ1) is 22.3. The maximum atomic E-state index is 13.0. The Kier molecular flexibility index (Phi) is 5.80. The van der Waals surface area contributed by atoms with Crippen molar-refractivity contribution in [1.82, 2.24) is 19.2 Å². The fourth-order valence-corrected chi connectivity index (χ4v) is 6.09. The van der Waals surface area contributed by atoms with Crippen LogP contribution in [0.3, 0.4) is 0 Å². The Bertz CT molecular complexity index is 1520. The molecule has 0 N–H and O–H groups in total. The number of piperazine rings is 1. The summed E-state index contributed by atoms with van der Waals surface area (Å²) < 4.78 is 3.41. The van der Waals surface area contributed by atoms with Crippen molar-refractivity contribution in [3.8, 4) is 11.3 Å². The highest BCUT2D eigenvalue weighted by Gasteiger charge is 2.25. The van der Waals surface area contributed by atoms with Gasteiger partial charge in [-0.25, -0.2) is 4.98 Å². The highest BCUT2D eigenvalue weighted by atomic mass is 35.5. The number of carbonyl (C=O) groups is 1. The average molecular weight is 501 g/mol. The highest BCUT2D eigenvalue weighted by molar-refractivity contribution is 7.23. The Morgan fingerprint density at radius 2 is 1.71 bits per heavy atom.